The summed E-state index contributed by atoms with van der Waals surface area (Å²) in [6, 6.07) is 5.96. The number of ether oxygens (including phenoxy) is 1. The van der Waals surface area contributed by atoms with E-state index < -0.39 is 27.3 Å². The molecule has 1 atom stereocenters. The predicted octanol–water partition coefficient (Wildman–Crippen LogP) is 1.82. The molecule has 1 heterocycles. The fraction of sp³-hybridized carbons (Fsp3) is 0.529. The number of carboxylic acids is 1. The van der Waals surface area contributed by atoms with Gasteiger partial charge in [-0.2, -0.15) is 4.31 Å². The summed E-state index contributed by atoms with van der Waals surface area (Å²) in [5, 5.41) is 17.8. The summed E-state index contributed by atoms with van der Waals surface area (Å²) < 4.78 is 32.0. The first kappa shape index (κ1) is 19.6. The Morgan fingerprint density at radius 2 is 1.88 bits per heavy atom. The first-order valence-corrected chi connectivity index (χ1v) is 9.49. The van der Waals surface area contributed by atoms with Crippen molar-refractivity contribution in [3.8, 4) is 0 Å². The van der Waals surface area contributed by atoms with Crippen molar-refractivity contribution in [3.63, 3.8) is 0 Å². The topological polar surface area (TPSA) is 108 Å². The Balaban J connectivity index is 2.38. The van der Waals surface area contributed by atoms with Crippen LogP contribution in [0.3, 0.4) is 0 Å². The van der Waals surface area contributed by atoms with Crippen LogP contribution in [0, 0.1) is 16.7 Å². The van der Waals surface area contributed by atoms with Crippen LogP contribution in [-0.4, -0.2) is 55.8 Å². The molecule has 0 spiro atoms. The standard InChI is InChI=1S/C17H24N2O5S/c1-17(2,3)14(16(20)21)15(18)12-5-4-6-13(11-12)25(22,23)19-7-9-24-10-8-19/h4-6,11,14,18H,7-10H2,1-3H3,(H,20,21)/t14-/m1/s1. The maximum Gasteiger partial charge on any atom is 0.313 e. The van der Waals surface area contributed by atoms with Crippen molar-refractivity contribution >= 4 is 21.7 Å². The summed E-state index contributed by atoms with van der Waals surface area (Å²) in [5.41, 5.74) is -0.460. The molecule has 8 heteroatoms. The molecule has 0 unspecified atom stereocenters. The smallest absolute Gasteiger partial charge is 0.313 e. The van der Waals surface area contributed by atoms with Crippen molar-refractivity contribution in [2.75, 3.05) is 26.3 Å². The highest BCUT2D eigenvalue weighted by atomic mass is 32.2. The van der Waals surface area contributed by atoms with Gasteiger partial charge in [0.2, 0.25) is 10.0 Å². The van der Waals surface area contributed by atoms with Crippen LogP contribution in [0.5, 0.6) is 0 Å². The van der Waals surface area contributed by atoms with E-state index in [2.05, 4.69) is 0 Å². The summed E-state index contributed by atoms with van der Waals surface area (Å²) in [5.74, 6) is -2.13. The van der Waals surface area contributed by atoms with Crippen LogP contribution >= 0.6 is 0 Å². The average Bonchev–Trinajstić information content (AvgIpc) is 2.54. The largest absolute Gasteiger partial charge is 0.481 e. The van der Waals surface area contributed by atoms with Gasteiger partial charge < -0.3 is 15.3 Å². The lowest BCUT2D eigenvalue weighted by molar-refractivity contribution is -0.142. The molecule has 1 fully saturated rings. The molecule has 0 saturated carbocycles. The fourth-order valence-electron chi connectivity index (χ4n) is 2.85. The number of carboxylic acid groups (broad SMARTS) is 1. The summed E-state index contributed by atoms with van der Waals surface area (Å²) in [7, 11) is -3.69. The molecule has 25 heavy (non-hydrogen) atoms. The van der Waals surface area contributed by atoms with E-state index in [9.17, 15) is 18.3 Å². The molecule has 1 aliphatic rings. The summed E-state index contributed by atoms with van der Waals surface area (Å²) in [6.07, 6.45) is 0. The van der Waals surface area contributed by atoms with Crippen LogP contribution in [0.15, 0.2) is 29.2 Å². The van der Waals surface area contributed by atoms with E-state index in [-0.39, 0.29) is 23.7 Å². The van der Waals surface area contributed by atoms with Crippen molar-refractivity contribution in [2.45, 2.75) is 25.7 Å². The molecule has 1 aromatic carbocycles. The Morgan fingerprint density at radius 3 is 2.40 bits per heavy atom. The number of rotatable bonds is 5. The minimum absolute atomic E-state index is 0.0645. The Hall–Kier alpha value is -1.77. The van der Waals surface area contributed by atoms with Crippen LogP contribution in [0.1, 0.15) is 26.3 Å². The van der Waals surface area contributed by atoms with Crippen LogP contribution in [0.2, 0.25) is 0 Å². The third-order valence-electron chi connectivity index (χ3n) is 4.15. The van der Waals surface area contributed by atoms with Crippen molar-refractivity contribution in [2.24, 2.45) is 11.3 Å². The van der Waals surface area contributed by atoms with Gasteiger partial charge in [0.1, 0.15) is 5.92 Å². The number of benzene rings is 1. The maximum atomic E-state index is 12.7. The number of carbonyl (C=O) groups is 1. The molecule has 2 rings (SSSR count). The third-order valence-corrected chi connectivity index (χ3v) is 6.05. The Bertz CT molecular complexity index is 761. The van der Waals surface area contributed by atoms with Gasteiger partial charge in [-0.25, -0.2) is 8.42 Å². The normalized spacial score (nSPS) is 17.9. The zero-order valence-electron chi connectivity index (χ0n) is 14.7. The zero-order chi connectivity index (χ0) is 18.8. The number of nitrogens with zero attached hydrogens (tertiary/aromatic N) is 1. The van der Waals surface area contributed by atoms with Gasteiger partial charge in [0, 0.05) is 13.1 Å². The molecule has 1 saturated heterocycles. The summed E-state index contributed by atoms with van der Waals surface area (Å²) in [6.45, 7) is 6.49. The average molecular weight is 368 g/mol. The Morgan fingerprint density at radius 1 is 1.28 bits per heavy atom. The second kappa shape index (κ2) is 7.23. The number of aliphatic carboxylic acids is 1. The SMILES string of the molecule is CC(C)(C)[C@H](C(=N)c1cccc(S(=O)(=O)N2CCOCC2)c1)C(=O)O. The number of morpholine rings is 1. The van der Waals surface area contributed by atoms with Crippen molar-refractivity contribution in [1.82, 2.24) is 4.31 Å². The lowest BCUT2D eigenvalue weighted by Crippen LogP contribution is -2.40. The van der Waals surface area contributed by atoms with Crippen LogP contribution in [0.4, 0.5) is 0 Å². The first-order chi connectivity index (χ1) is 11.5. The zero-order valence-corrected chi connectivity index (χ0v) is 15.5. The van der Waals surface area contributed by atoms with Gasteiger partial charge in [0.25, 0.3) is 0 Å². The van der Waals surface area contributed by atoms with E-state index in [1.165, 1.54) is 16.4 Å². The molecule has 0 aromatic heterocycles. The second-order valence-corrected chi connectivity index (χ2v) is 9.03. The molecule has 1 aromatic rings. The Labute approximate surface area is 148 Å². The molecule has 7 nitrogen and oxygen atoms in total. The monoisotopic (exact) mass is 368 g/mol. The van der Waals surface area contributed by atoms with E-state index in [1.54, 1.807) is 32.9 Å². The minimum Gasteiger partial charge on any atom is -0.481 e. The highest BCUT2D eigenvalue weighted by Crippen LogP contribution is 2.30. The highest BCUT2D eigenvalue weighted by molar-refractivity contribution is 7.89. The van der Waals surface area contributed by atoms with E-state index in [0.29, 0.717) is 18.8 Å². The van der Waals surface area contributed by atoms with E-state index >= 15 is 0 Å². The van der Waals surface area contributed by atoms with Crippen LogP contribution in [0.25, 0.3) is 0 Å². The molecule has 2 N–H and O–H groups in total. The minimum atomic E-state index is -3.69. The van der Waals surface area contributed by atoms with Gasteiger partial charge in [0.05, 0.1) is 23.8 Å². The van der Waals surface area contributed by atoms with Gasteiger partial charge in [-0.3, -0.25) is 4.79 Å². The molecule has 1 aliphatic heterocycles. The highest BCUT2D eigenvalue weighted by Gasteiger charge is 2.36. The van der Waals surface area contributed by atoms with Gasteiger partial charge in [-0.05, 0) is 23.1 Å². The van der Waals surface area contributed by atoms with E-state index in [0.717, 1.165) is 0 Å². The molecule has 0 amide bonds. The molecular formula is C17H24N2O5S. The van der Waals surface area contributed by atoms with E-state index in [4.69, 9.17) is 10.1 Å². The quantitative estimate of drug-likeness (QED) is 0.771. The number of nitrogens with one attached hydrogen (secondary N) is 1. The van der Waals surface area contributed by atoms with Crippen molar-refractivity contribution in [3.05, 3.63) is 29.8 Å². The maximum absolute atomic E-state index is 12.7. The van der Waals surface area contributed by atoms with Crippen molar-refractivity contribution < 1.29 is 23.1 Å². The number of hydrogen-bond acceptors (Lipinski definition) is 5. The van der Waals surface area contributed by atoms with Crippen molar-refractivity contribution in [1.29, 1.82) is 5.41 Å². The lowest BCUT2D eigenvalue weighted by Gasteiger charge is -2.28. The predicted molar refractivity (Wildman–Crippen MR) is 93.4 cm³/mol. The fourth-order valence-corrected chi connectivity index (χ4v) is 4.31. The van der Waals surface area contributed by atoms with Gasteiger partial charge in [-0.1, -0.05) is 32.9 Å². The third kappa shape index (κ3) is 4.26. The lowest BCUT2D eigenvalue weighted by atomic mass is 9.76. The molecule has 0 bridgehead atoms. The Kier molecular flexibility index (Phi) is 5.65. The van der Waals surface area contributed by atoms with Gasteiger partial charge >= 0.3 is 5.97 Å². The molecular weight excluding hydrogens is 344 g/mol. The van der Waals surface area contributed by atoms with Gasteiger partial charge in [0.15, 0.2) is 0 Å². The van der Waals surface area contributed by atoms with Crippen LogP contribution in [-0.2, 0) is 19.6 Å². The second-order valence-electron chi connectivity index (χ2n) is 7.10. The first-order valence-electron chi connectivity index (χ1n) is 8.04. The summed E-state index contributed by atoms with van der Waals surface area (Å²) in [4.78, 5) is 11.7. The summed E-state index contributed by atoms with van der Waals surface area (Å²) >= 11 is 0. The van der Waals surface area contributed by atoms with E-state index in [1.807, 2.05) is 0 Å². The molecule has 0 radical (unpaired) electrons. The molecule has 0 aliphatic carbocycles. The number of sulfonamides is 1. The number of hydrogen-bond donors (Lipinski definition) is 2. The van der Waals surface area contributed by atoms with Gasteiger partial charge in [-0.15, -0.1) is 0 Å². The van der Waals surface area contributed by atoms with Crippen LogP contribution < -0.4 is 0 Å². The molecule has 138 valence electrons.